The summed E-state index contributed by atoms with van der Waals surface area (Å²) in [5.74, 6) is 0.659. The molecule has 0 aromatic carbocycles. The summed E-state index contributed by atoms with van der Waals surface area (Å²) in [5, 5.41) is 6.30. The second-order valence-electron chi connectivity index (χ2n) is 11.8. The van der Waals surface area contributed by atoms with E-state index in [9.17, 15) is 9.59 Å². The van der Waals surface area contributed by atoms with Crippen LogP contribution in [0.25, 0.3) is 0 Å². The normalized spacial score (nSPS) is 12.8. The van der Waals surface area contributed by atoms with Gasteiger partial charge in [0.15, 0.2) is 0 Å². The highest BCUT2D eigenvalue weighted by Crippen LogP contribution is 2.20. The van der Waals surface area contributed by atoms with Gasteiger partial charge in [-0.2, -0.15) is 0 Å². The zero-order valence-corrected chi connectivity index (χ0v) is 26.4. The second-order valence-corrected chi connectivity index (χ2v) is 11.8. The van der Waals surface area contributed by atoms with Crippen LogP contribution in [0.5, 0.6) is 0 Å². The van der Waals surface area contributed by atoms with Crippen LogP contribution in [0.15, 0.2) is 0 Å². The molecular weight excluding hydrogens is 468 g/mol. The molecule has 38 heavy (non-hydrogen) atoms. The van der Waals surface area contributed by atoms with Gasteiger partial charge in [0.25, 0.3) is 0 Å². The van der Waals surface area contributed by atoms with Gasteiger partial charge in [-0.05, 0) is 25.7 Å². The molecule has 0 saturated carbocycles. The van der Waals surface area contributed by atoms with Crippen molar-refractivity contribution in [2.45, 2.75) is 182 Å². The van der Waals surface area contributed by atoms with Gasteiger partial charge < -0.3 is 10.6 Å². The molecule has 0 fully saturated rings. The fraction of sp³-hybridized carbons (Fsp3) is 0.941. The minimum absolute atomic E-state index is 0.131. The summed E-state index contributed by atoms with van der Waals surface area (Å²) in [6.07, 6.45) is 29.1. The summed E-state index contributed by atoms with van der Waals surface area (Å²) in [6.45, 7) is 10.0. The minimum atomic E-state index is 0.131. The molecule has 4 heteroatoms. The first kappa shape index (κ1) is 36.9. The molecule has 0 aliphatic rings. The largest absolute Gasteiger partial charge is 0.354 e. The van der Waals surface area contributed by atoms with Crippen molar-refractivity contribution in [3.63, 3.8) is 0 Å². The molecule has 0 aromatic heterocycles. The second kappa shape index (κ2) is 28.9. The average Bonchev–Trinajstić information content (AvgIpc) is 2.92. The van der Waals surface area contributed by atoms with Crippen LogP contribution in [0, 0.1) is 11.8 Å². The van der Waals surface area contributed by atoms with Gasteiger partial charge in [0, 0.05) is 24.9 Å². The Balaban J connectivity index is 4.39. The van der Waals surface area contributed by atoms with Gasteiger partial charge in [0.2, 0.25) is 11.8 Å². The van der Waals surface area contributed by atoms with E-state index in [2.05, 4.69) is 38.3 Å². The summed E-state index contributed by atoms with van der Waals surface area (Å²) in [5.41, 5.74) is 0. The molecule has 226 valence electrons. The van der Waals surface area contributed by atoms with Gasteiger partial charge in [-0.15, -0.1) is 0 Å². The number of rotatable bonds is 29. The maximum Gasteiger partial charge on any atom is 0.223 e. The van der Waals surface area contributed by atoms with E-state index in [4.69, 9.17) is 0 Å². The van der Waals surface area contributed by atoms with Crippen molar-refractivity contribution in [2.24, 2.45) is 11.8 Å². The van der Waals surface area contributed by atoms with Crippen molar-refractivity contribution in [2.75, 3.05) is 13.1 Å². The summed E-state index contributed by atoms with van der Waals surface area (Å²) in [6, 6.07) is 0. The van der Waals surface area contributed by atoms with Gasteiger partial charge in [0.1, 0.15) is 0 Å². The quantitative estimate of drug-likeness (QED) is 0.0934. The first-order valence-corrected chi connectivity index (χ1v) is 17.2. The molecule has 4 nitrogen and oxygen atoms in total. The zero-order chi connectivity index (χ0) is 28.1. The Morgan fingerprint density at radius 3 is 0.947 bits per heavy atom. The van der Waals surface area contributed by atoms with Crippen molar-refractivity contribution < 1.29 is 9.59 Å². The maximum atomic E-state index is 12.9. The molecule has 2 atom stereocenters. The molecule has 0 heterocycles. The molecule has 0 aromatic rings. The highest BCUT2D eigenvalue weighted by molar-refractivity contribution is 5.79. The van der Waals surface area contributed by atoms with Gasteiger partial charge in [-0.25, -0.2) is 0 Å². The molecule has 0 spiro atoms. The Labute approximate surface area is 238 Å². The predicted octanol–water partition coefficient (Wildman–Crippen LogP) is 9.89. The first-order chi connectivity index (χ1) is 18.6. The van der Waals surface area contributed by atoms with Crippen molar-refractivity contribution in [3.8, 4) is 0 Å². The molecule has 0 aliphatic heterocycles. The molecule has 0 aliphatic carbocycles. The minimum Gasteiger partial charge on any atom is -0.354 e. The Bertz CT molecular complexity index is 477. The third-order valence-corrected chi connectivity index (χ3v) is 8.09. The fourth-order valence-electron chi connectivity index (χ4n) is 5.45. The molecule has 0 unspecified atom stereocenters. The number of nitrogens with one attached hydrogen (secondary N) is 2. The lowest BCUT2D eigenvalue weighted by atomic mass is 9.93. The van der Waals surface area contributed by atoms with Gasteiger partial charge in [-0.3, -0.25) is 9.59 Å². The first-order valence-electron chi connectivity index (χ1n) is 17.2. The average molecular weight is 537 g/mol. The number of unbranched alkanes of at least 4 members (excludes halogenated alkanes) is 16. The van der Waals surface area contributed by atoms with Crippen LogP contribution in [0.2, 0.25) is 0 Å². The highest BCUT2D eigenvalue weighted by Gasteiger charge is 2.19. The van der Waals surface area contributed by atoms with E-state index >= 15 is 0 Å². The number of hydrogen-bond acceptors (Lipinski definition) is 2. The third kappa shape index (κ3) is 22.9. The van der Waals surface area contributed by atoms with Gasteiger partial charge in [0.05, 0.1) is 0 Å². The van der Waals surface area contributed by atoms with Crippen molar-refractivity contribution in [1.82, 2.24) is 10.6 Å². The molecule has 2 N–H and O–H groups in total. The van der Waals surface area contributed by atoms with Crippen molar-refractivity contribution in [1.29, 1.82) is 0 Å². The smallest absolute Gasteiger partial charge is 0.223 e. The molecule has 0 rings (SSSR count). The van der Waals surface area contributed by atoms with Crippen LogP contribution in [-0.4, -0.2) is 24.9 Å². The molecule has 0 saturated heterocycles. The number of carbonyl (C=O) groups excluding carboxylic acids is 2. The topological polar surface area (TPSA) is 58.2 Å². The van der Waals surface area contributed by atoms with E-state index in [0.717, 1.165) is 51.4 Å². The van der Waals surface area contributed by atoms with Crippen LogP contribution < -0.4 is 10.6 Å². The lowest BCUT2D eigenvalue weighted by molar-refractivity contribution is -0.127. The van der Waals surface area contributed by atoms with E-state index in [1.165, 1.54) is 103 Å². The Morgan fingerprint density at radius 2 is 0.632 bits per heavy atom. The van der Waals surface area contributed by atoms with E-state index < -0.39 is 0 Å². The summed E-state index contributed by atoms with van der Waals surface area (Å²) in [7, 11) is 0. The SMILES string of the molecule is CCCCCCCCC[C@H](CCCCC)C(=O)NCCNC(=O)[C@@H](CCCCC)CCCCCCCCC. The zero-order valence-electron chi connectivity index (χ0n) is 26.4. The van der Waals surface area contributed by atoms with Gasteiger partial charge >= 0.3 is 0 Å². The lowest BCUT2D eigenvalue weighted by Gasteiger charge is -2.19. The maximum absolute atomic E-state index is 12.9. The van der Waals surface area contributed by atoms with Crippen molar-refractivity contribution >= 4 is 11.8 Å². The Kier molecular flexibility index (Phi) is 28.1. The summed E-state index contributed by atoms with van der Waals surface area (Å²) in [4.78, 5) is 25.9. The molecular formula is C34H68N2O2. The standard InChI is InChI=1S/C34H68N2O2/c1-5-9-13-15-17-19-23-27-31(25-21-11-7-3)33(37)35-29-30-36-34(38)32(26-22-12-8-4)28-24-20-18-16-14-10-6-2/h31-32H,5-30H2,1-4H3,(H,35,37)(H,36,38)/t31-,32-/m0/s1. The number of amides is 2. The van der Waals surface area contributed by atoms with Crippen LogP contribution in [0.1, 0.15) is 182 Å². The van der Waals surface area contributed by atoms with Crippen LogP contribution >= 0.6 is 0 Å². The van der Waals surface area contributed by atoms with E-state index in [-0.39, 0.29) is 23.7 Å². The molecule has 0 radical (unpaired) electrons. The number of hydrogen-bond donors (Lipinski definition) is 2. The van der Waals surface area contributed by atoms with Crippen LogP contribution in [0.4, 0.5) is 0 Å². The molecule has 0 bridgehead atoms. The monoisotopic (exact) mass is 537 g/mol. The highest BCUT2D eigenvalue weighted by atomic mass is 16.2. The van der Waals surface area contributed by atoms with Crippen LogP contribution in [-0.2, 0) is 9.59 Å². The fourth-order valence-corrected chi connectivity index (χ4v) is 5.45. The Hall–Kier alpha value is -1.06. The molecule has 2 amide bonds. The van der Waals surface area contributed by atoms with Gasteiger partial charge in [-0.1, -0.05) is 156 Å². The predicted molar refractivity (Wildman–Crippen MR) is 167 cm³/mol. The number of carbonyl (C=O) groups is 2. The van der Waals surface area contributed by atoms with Crippen LogP contribution in [0.3, 0.4) is 0 Å². The Morgan fingerprint density at radius 1 is 0.395 bits per heavy atom. The summed E-state index contributed by atoms with van der Waals surface area (Å²) < 4.78 is 0. The third-order valence-electron chi connectivity index (χ3n) is 8.09. The van der Waals surface area contributed by atoms with E-state index in [1.807, 2.05) is 0 Å². The van der Waals surface area contributed by atoms with E-state index in [0.29, 0.717) is 13.1 Å². The van der Waals surface area contributed by atoms with E-state index in [1.54, 1.807) is 0 Å². The summed E-state index contributed by atoms with van der Waals surface area (Å²) >= 11 is 0. The lowest BCUT2D eigenvalue weighted by Crippen LogP contribution is -2.39. The van der Waals surface area contributed by atoms with Crippen molar-refractivity contribution in [3.05, 3.63) is 0 Å².